The molecule has 4 nitrogen and oxygen atoms in total. The normalized spacial score (nSPS) is 10.4. The molecule has 0 unspecified atom stereocenters. The molecule has 0 spiro atoms. The summed E-state index contributed by atoms with van der Waals surface area (Å²) in [6.45, 7) is 4.24. The van der Waals surface area contributed by atoms with Gasteiger partial charge in [0.25, 0.3) is 0 Å². The fraction of sp³-hybridized carbons (Fsp3) is 0.136. The van der Waals surface area contributed by atoms with Crippen LogP contribution in [-0.2, 0) is 0 Å². The summed E-state index contributed by atoms with van der Waals surface area (Å²) in [6, 6.07) is 21.9. The highest BCUT2D eigenvalue weighted by Gasteiger charge is 2.21. The van der Waals surface area contributed by atoms with Crippen molar-refractivity contribution < 1.29 is 0 Å². The number of benzene rings is 2. The molecular formula is C22H18N4S. The van der Waals surface area contributed by atoms with E-state index in [0.717, 1.165) is 10.5 Å². The molecule has 0 radical (unpaired) electrons. The second kappa shape index (κ2) is 7.95. The second-order valence-corrected chi connectivity index (χ2v) is 7.40. The summed E-state index contributed by atoms with van der Waals surface area (Å²) in [5.41, 5.74) is 9.20. The third-order valence-corrected chi connectivity index (χ3v) is 5.24. The van der Waals surface area contributed by atoms with Crippen LogP contribution in [0.4, 0.5) is 5.82 Å². The van der Waals surface area contributed by atoms with Crippen molar-refractivity contribution in [3.05, 3.63) is 71.3 Å². The number of nitrogen functional groups attached to an aromatic ring is 1. The molecule has 0 aliphatic heterocycles. The summed E-state index contributed by atoms with van der Waals surface area (Å²) in [7, 11) is 0. The Morgan fingerprint density at radius 3 is 2.11 bits per heavy atom. The number of pyridine rings is 1. The number of nitriles is 2. The van der Waals surface area contributed by atoms with E-state index in [1.54, 1.807) is 0 Å². The number of nitrogens with zero attached hydrogens (tertiary/aromatic N) is 3. The Morgan fingerprint density at radius 1 is 0.926 bits per heavy atom. The predicted octanol–water partition coefficient (Wildman–Crippen LogP) is 5.35. The van der Waals surface area contributed by atoms with Crippen LogP contribution in [0.1, 0.15) is 36.5 Å². The van der Waals surface area contributed by atoms with Gasteiger partial charge in [0.05, 0.1) is 5.56 Å². The lowest BCUT2D eigenvalue weighted by Gasteiger charge is -2.14. The lowest BCUT2D eigenvalue weighted by Crippen LogP contribution is -2.03. The van der Waals surface area contributed by atoms with Crippen molar-refractivity contribution in [2.24, 2.45) is 0 Å². The topological polar surface area (TPSA) is 86.5 Å². The minimum atomic E-state index is 0.137. The smallest absolute Gasteiger partial charge is 0.143 e. The van der Waals surface area contributed by atoms with Gasteiger partial charge in [-0.15, -0.1) is 0 Å². The summed E-state index contributed by atoms with van der Waals surface area (Å²) < 4.78 is 0. The van der Waals surface area contributed by atoms with E-state index in [-0.39, 0.29) is 11.4 Å². The first-order chi connectivity index (χ1) is 13.0. The largest absolute Gasteiger partial charge is 0.383 e. The molecule has 0 saturated carbocycles. The van der Waals surface area contributed by atoms with Gasteiger partial charge in [0.2, 0.25) is 0 Å². The molecule has 5 heteroatoms. The van der Waals surface area contributed by atoms with Crippen molar-refractivity contribution in [2.75, 3.05) is 5.73 Å². The molecule has 0 fully saturated rings. The molecule has 3 aromatic rings. The van der Waals surface area contributed by atoms with Gasteiger partial charge in [-0.2, -0.15) is 10.5 Å². The van der Waals surface area contributed by atoms with Crippen molar-refractivity contribution in [3.63, 3.8) is 0 Å². The highest BCUT2D eigenvalue weighted by atomic mass is 32.2. The highest BCUT2D eigenvalue weighted by molar-refractivity contribution is 7.99. The number of aromatic nitrogens is 1. The average molecular weight is 370 g/mol. The first-order valence-electron chi connectivity index (χ1n) is 8.52. The summed E-state index contributed by atoms with van der Waals surface area (Å²) in [6.07, 6.45) is 0. The number of anilines is 1. The Labute approximate surface area is 163 Å². The molecule has 132 valence electrons. The lowest BCUT2D eigenvalue weighted by atomic mass is 9.94. The first-order valence-corrected chi connectivity index (χ1v) is 9.33. The van der Waals surface area contributed by atoms with Gasteiger partial charge in [-0.3, -0.25) is 0 Å². The Kier molecular flexibility index (Phi) is 5.45. The number of rotatable bonds is 4. The van der Waals surface area contributed by atoms with Crippen LogP contribution in [0.3, 0.4) is 0 Å². The van der Waals surface area contributed by atoms with Gasteiger partial charge in [-0.05, 0) is 29.2 Å². The molecule has 27 heavy (non-hydrogen) atoms. The number of nitrogens with two attached hydrogens (primary N) is 1. The van der Waals surface area contributed by atoms with Gasteiger partial charge >= 0.3 is 0 Å². The van der Waals surface area contributed by atoms with Crippen LogP contribution >= 0.6 is 11.8 Å². The minimum absolute atomic E-state index is 0.137. The quantitative estimate of drug-likeness (QED) is 0.669. The van der Waals surface area contributed by atoms with Crippen LogP contribution in [-0.4, -0.2) is 4.98 Å². The van der Waals surface area contributed by atoms with E-state index < -0.39 is 0 Å². The fourth-order valence-electron chi connectivity index (χ4n) is 2.80. The Bertz CT molecular complexity index is 1040. The van der Waals surface area contributed by atoms with Crippen LogP contribution in [0.25, 0.3) is 11.1 Å². The maximum absolute atomic E-state index is 9.84. The monoisotopic (exact) mass is 370 g/mol. The van der Waals surface area contributed by atoms with Gasteiger partial charge in [-0.25, -0.2) is 4.98 Å². The summed E-state index contributed by atoms with van der Waals surface area (Å²) >= 11 is 1.37. The van der Waals surface area contributed by atoms with E-state index in [9.17, 15) is 10.5 Å². The van der Waals surface area contributed by atoms with Crippen LogP contribution in [0.15, 0.2) is 64.5 Å². The Balaban J connectivity index is 2.19. The van der Waals surface area contributed by atoms with Crippen LogP contribution < -0.4 is 5.73 Å². The van der Waals surface area contributed by atoms with E-state index in [1.807, 2.05) is 54.6 Å². The van der Waals surface area contributed by atoms with Crippen molar-refractivity contribution >= 4 is 17.6 Å². The molecule has 1 heterocycles. The standard InChI is InChI=1S/C22H18N4S/c1-14(2)15-8-10-16(11-9-15)20-18(12-23)21(25)26-22(19(20)13-24)27-17-6-4-3-5-7-17/h3-11,14H,1-2H3,(H2,25,26). The zero-order valence-corrected chi connectivity index (χ0v) is 15.9. The van der Waals surface area contributed by atoms with Crippen molar-refractivity contribution in [3.8, 4) is 23.3 Å². The summed E-state index contributed by atoms with van der Waals surface area (Å²) in [4.78, 5) is 5.29. The molecule has 0 amide bonds. The predicted molar refractivity (Wildman–Crippen MR) is 108 cm³/mol. The summed E-state index contributed by atoms with van der Waals surface area (Å²) in [5, 5.41) is 20.0. The third kappa shape index (κ3) is 3.79. The molecule has 1 aromatic heterocycles. The molecule has 2 aromatic carbocycles. The van der Waals surface area contributed by atoms with Crippen LogP contribution in [0, 0.1) is 22.7 Å². The second-order valence-electron chi connectivity index (χ2n) is 6.34. The molecule has 0 aliphatic rings. The highest BCUT2D eigenvalue weighted by Crippen LogP contribution is 2.38. The average Bonchev–Trinajstić information content (AvgIpc) is 2.68. The molecule has 0 bridgehead atoms. The first kappa shape index (κ1) is 18.5. The van der Waals surface area contributed by atoms with E-state index in [1.165, 1.54) is 17.3 Å². The van der Waals surface area contributed by atoms with E-state index in [2.05, 4.69) is 31.0 Å². The molecular weight excluding hydrogens is 352 g/mol. The van der Waals surface area contributed by atoms with Gasteiger partial charge in [0.15, 0.2) is 0 Å². The van der Waals surface area contributed by atoms with Crippen LogP contribution in [0.2, 0.25) is 0 Å². The maximum Gasteiger partial charge on any atom is 0.143 e. The minimum Gasteiger partial charge on any atom is -0.383 e. The van der Waals surface area contributed by atoms with E-state index in [0.29, 0.717) is 22.1 Å². The summed E-state index contributed by atoms with van der Waals surface area (Å²) in [5.74, 6) is 0.537. The van der Waals surface area contributed by atoms with Crippen molar-refractivity contribution in [1.82, 2.24) is 4.98 Å². The molecule has 0 saturated heterocycles. The fourth-order valence-corrected chi connectivity index (χ4v) is 3.71. The number of hydrogen-bond donors (Lipinski definition) is 1. The van der Waals surface area contributed by atoms with Crippen LogP contribution in [0.5, 0.6) is 0 Å². The molecule has 3 rings (SSSR count). The lowest BCUT2D eigenvalue weighted by molar-refractivity contribution is 0.867. The van der Waals surface area contributed by atoms with Crippen molar-refractivity contribution in [1.29, 1.82) is 10.5 Å². The maximum atomic E-state index is 9.84. The molecule has 0 aliphatic carbocycles. The van der Waals surface area contributed by atoms with Gasteiger partial charge in [0.1, 0.15) is 28.5 Å². The van der Waals surface area contributed by atoms with Gasteiger partial charge in [0, 0.05) is 10.5 Å². The van der Waals surface area contributed by atoms with Gasteiger partial charge in [-0.1, -0.05) is 68.1 Å². The number of hydrogen-bond acceptors (Lipinski definition) is 5. The van der Waals surface area contributed by atoms with Gasteiger partial charge < -0.3 is 5.73 Å². The molecule has 2 N–H and O–H groups in total. The zero-order chi connectivity index (χ0) is 19.4. The third-order valence-electron chi connectivity index (χ3n) is 4.24. The Hall–Kier alpha value is -3.28. The molecule has 0 atom stereocenters. The van der Waals surface area contributed by atoms with E-state index in [4.69, 9.17) is 5.73 Å². The van der Waals surface area contributed by atoms with E-state index >= 15 is 0 Å². The zero-order valence-electron chi connectivity index (χ0n) is 15.1. The van der Waals surface area contributed by atoms with Crippen molar-refractivity contribution in [2.45, 2.75) is 29.7 Å². The SMILES string of the molecule is CC(C)c1ccc(-c2c(C#N)c(N)nc(Sc3ccccc3)c2C#N)cc1. The Morgan fingerprint density at radius 2 is 1.56 bits per heavy atom.